The van der Waals surface area contributed by atoms with Crippen molar-refractivity contribution in [3.05, 3.63) is 35.4 Å². The zero-order chi connectivity index (χ0) is 13.9. The van der Waals surface area contributed by atoms with E-state index in [1.165, 1.54) is 17.5 Å². The lowest BCUT2D eigenvalue weighted by Gasteiger charge is -2.29. The van der Waals surface area contributed by atoms with Crippen LogP contribution in [-0.2, 0) is 16.3 Å². The lowest BCUT2D eigenvalue weighted by Crippen LogP contribution is -2.37. The number of nitrogens with one attached hydrogen (secondary N) is 1. The van der Waals surface area contributed by atoms with Crippen LogP contribution in [0.3, 0.4) is 0 Å². The molecule has 1 N–H and O–H groups in total. The summed E-state index contributed by atoms with van der Waals surface area (Å²) in [5.74, 6) is 0.447. The fourth-order valence-corrected chi connectivity index (χ4v) is 3.91. The number of hydrogen-bond donors (Lipinski definition) is 1. The predicted molar refractivity (Wildman–Crippen MR) is 79.0 cm³/mol. The van der Waals surface area contributed by atoms with Crippen molar-refractivity contribution in [1.29, 1.82) is 0 Å². The van der Waals surface area contributed by atoms with E-state index in [0.29, 0.717) is 6.04 Å². The van der Waals surface area contributed by atoms with E-state index in [1.807, 2.05) is 6.92 Å². The lowest BCUT2D eigenvalue weighted by molar-refractivity contribution is 0.422. The number of sulfone groups is 1. The molecule has 0 heterocycles. The Hall–Kier alpha value is -0.870. The van der Waals surface area contributed by atoms with E-state index in [-0.39, 0.29) is 17.5 Å². The van der Waals surface area contributed by atoms with Crippen molar-refractivity contribution in [2.75, 3.05) is 11.5 Å². The Bertz CT molecular complexity index is 525. The quantitative estimate of drug-likeness (QED) is 0.902. The molecule has 0 bridgehead atoms. The zero-order valence-electron chi connectivity index (χ0n) is 11.7. The third-order valence-corrected chi connectivity index (χ3v) is 5.69. The molecule has 1 aliphatic carbocycles. The Labute approximate surface area is 116 Å². The first-order valence-electron chi connectivity index (χ1n) is 7.06. The monoisotopic (exact) mass is 281 g/mol. The summed E-state index contributed by atoms with van der Waals surface area (Å²) in [5, 5.41) is 3.49. The van der Waals surface area contributed by atoms with E-state index in [0.717, 1.165) is 12.8 Å². The molecule has 0 amide bonds. The molecule has 0 aromatic heterocycles. The summed E-state index contributed by atoms with van der Waals surface area (Å²) >= 11 is 0. The van der Waals surface area contributed by atoms with Crippen molar-refractivity contribution in [1.82, 2.24) is 5.32 Å². The van der Waals surface area contributed by atoms with Crippen molar-refractivity contribution >= 4 is 9.84 Å². The van der Waals surface area contributed by atoms with E-state index in [1.54, 1.807) is 6.92 Å². The number of hydrogen-bond acceptors (Lipinski definition) is 3. The molecule has 4 heteroatoms. The van der Waals surface area contributed by atoms with E-state index in [9.17, 15) is 8.42 Å². The first-order valence-corrected chi connectivity index (χ1v) is 8.88. The fourth-order valence-electron chi connectivity index (χ4n) is 2.82. The highest BCUT2D eigenvalue weighted by Crippen LogP contribution is 2.29. The normalized spacial score (nSPS) is 20.8. The second-order valence-corrected chi connectivity index (χ2v) is 7.81. The largest absolute Gasteiger partial charge is 0.306 e. The van der Waals surface area contributed by atoms with Gasteiger partial charge in [-0.1, -0.05) is 31.2 Å². The maximum atomic E-state index is 11.7. The molecule has 0 aliphatic heterocycles. The second kappa shape index (κ2) is 6.06. The van der Waals surface area contributed by atoms with Gasteiger partial charge < -0.3 is 5.32 Å². The Kier molecular flexibility index (Phi) is 4.63. The van der Waals surface area contributed by atoms with Gasteiger partial charge in [0.2, 0.25) is 0 Å². The third-order valence-electron chi connectivity index (χ3n) is 3.80. The molecule has 0 spiro atoms. The van der Waals surface area contributed by atoms with Crippen LogP contribution in [0.1, 0.15) is 43.9 Å². The van der Waals surface area contributed by atoms with Gasteiger partial charge in [-0.3, -0.25) is 0 Å². The highest BCUT2D eigenvalue weighted by atomic mass is 32.2. The first kappa shape index (κ1) is 14.5. The Morgan fingerprint density at radius 3 is 2.84 bits per heavy atom. The van der Waals surface area contributed by atoms with Gasteiger partial charge in [-0.05, 0) is 37.3 Å². The minimum Gasteiger partial charge on any atom is -0.306 e. The van der Waals surface area contributed by atoms with E-state index in [2.05, 4.69) is 29.6 Å². The predicted octanol–water partition coefficient (Wildman–Crippen LogP) is 2.48. The van der Waals surface area contributed by atoms with Crippen LogP contribution in [0.15, 0.2) is 24.3 Å². The summed E-state index contributed by atoms with van der Waals surface area (Å²) in [6.07, 6.45) is 3.39. The lowest BCUT2D eigenvalue weighted by atomic mass is 9.87. The minimum absolute atomic E-state index is 0.00102. The molecule has 19 heavy (non-hydrogen) atoms. The van der Waals surface area contributed by atoms with E-state index >= 15 is 0 Å². The van der Waals surface area contributed by atoms with E-state index < -0.39 is 9.84 Å². The van der Waals surface area contributed by atoms with Crippen molar-refractivity contribution in [3.63, 3.8) is 0 Å². The summed E-state index contributed by atoms with van der Waals surface area (Å²) in [6.45, 7) is 3.67. The standard InChI is InChI=1S/C15H23NO2S/c1-3-19(17,18)11-12(2)16-15-10-6-8-13-7-4-5-9-14(13)15/h4-5,7,9,12,15-16H,3,6,8,10-11H2,1-2H3. The maximum absolute atomic E-state index is 11.7. The molecule has 1 aromatic carbocycles. The van der Waals surface area contributed by atoms with Gasteiger partial charge in [0, 0.05) is 17.8 Å². The molecule has 1 aromatic rings. The number of benzene rings is 1. The molecule has 2 unspecified atom stereocenters. The van der Waals surface area contributed by atoms with Crippen LogP contribution in [-0.4, -0.2) is 26.0 Å². The average Bonchev–Trinajstić information content (AvgIpc) is 2.38. The topological polar surface area (TPSA) is 46.2 Å². The van der Waals surface area contributed by atoms with Crippen LogP contribution in [0, 0.1) is 0 Å². The Balaban J connectivity index is 2.05. The second-order valence-electron chi connectivity index (χ2n) is 5.41. The van der Waals surface area contributed by atoms with Gasteiger partial charge in [-0.25, -0.2) is 8.42 Å². The van der Waals surface area contributed by atoms with Crippen LogP contribution >= 0.6 is 0 Å². The van der Waals surface area contributed by atoms with Crippen LogP contribution in [0.4, 0.5) is 0 Å². The average molecular weight is 281 g/mol. The highest BCUT2D eigenvalue weighted by Gasteiger charge is 2.22. The number of aryl methyl sites for hydroxylation is 1. The molecule has 106 valence electrons. The van der Waals surface area contributed by atoms with Crippen LogP contribution in [0.5, 0.6) is 0 Å². The Morgan fingerprint density at radius 1 is 1.37 bits per heavy atom. The number of rotatable bonds is 5. The molecule has 0 fully saturated rings. The van der Waals surface area contributed by atoms with Gasteiger partial charge in [-0.2, -0.15) is 0 Å². The molecule has 2 atom stereocenters. The highest BCUT2D eigenvalue weighted by molar-refractivity contribution is 7.91. The molecular weight excluding hydrogens is 258 g/mol. The van der Waals surface area contributed by atoms with E-state index in [4.69, 9.17) is 0 Å². The molecule has 0 radical (unpaired) electrons. The van der Waals surface area contributed by atoms with Gasteiger partial charge >= 0.3 is 0 Å². The van der Waals surface area contributed by atoms with Gasteiger partial charge in [0.1, 0.15) is 0 Å². The zero-order valence-corrected chi connectivity index (χ0v) is 12.5. The molecule has 0 saturated carbocycles. The van der Waals surface area contributed by atoms with Crippen molar-refractivity contribution in [3.8, 4) is 0 Å². The van der Waals surface area contributed by atoms with Crippen LogP contribution < -0.4 is 5.32 Å². The molecule has 3 nitrogen and oxygen atoms in total. The van der Waals surface area contributed by atoms with Crippen molar-refractivity contribution in [2.24, 2.45) is 0 Å². The smallest absolute Gasteiger partial charge is 0.151 e. The molecular formula is C15H23NO2S. The SMILES string of the molecule is CCS(=O)(=O)CC(C)NC1CCCc2ccccc21. The molecule has 2 rings (SSSR count). The minimum atomic E-state index is -2.91. The third kappa shape index (κ3) is 3.80. The molecule has 1 aliphatic rings. The first-order chi connectivity index (χ1) is 9.02. The number of fused-ring (bicyclic) bond motifs is 1. The fraction of sp³-hybridized carbons (Fsp3) is 0.600. The Morgan fingerprint density at radius 2 is 2.11 bits per heavy atom. The summed E-state index contributed by atoms with van der Waals surface area (Å²) in [6, 6.07) is 8.77. The summed E-state index contributed by atoms with van der Waals surface area (Å²) < 4.78 is 23.3. The van der Waals surface area contributed by atoms with Crippen molar-refractivity contribution in [2.45, 2.75) is 45.2 Å². The van der Waals surface area contributed by atoms with Gasteiger partial charge in [0.15, 0.2) is 9.84 Å². The van der Waals surface area contributed by atoms with Crippen LogP contribution in [0.25, 0.3) is 0 Å². The summed E-state index contributed by atoms with van der Waals surface area (Å²) in [5.41, 5.74) is 2.74. The van der Waals surface area contributed by atoms with Crippen molar-refractivity contribution < 1.29 is 8.42 Å². The molecule has 0 saturated heterocycles. The maximum Gasteiger partial charge on any atom is 0.151 e. The van der Waals surface area contributed by atoms with Gasteiger partial charge in [0.05, 0.1) is 5.75 Å². The van der Waals surface area contributed by atoms with Gasteiger partial charge in [-0.15, -0.1) is 0 Å². The summed E-state index contributed by atoms with van der Waals surface area (Å²) in [4.78, 5) is 0. The summed E-state index contributed by atoms with van der Waals surface area (Å²) in [7, 11) is -2.91. The van der Waals surface area contributed by atoms with Crippen LogP contribution in [0.2, 0.25) is 0 Å². The van der Waals surface area contributed by atoms with Gasteiger partial charge in [0.25, 0.3) is 0 Å².